The fourth-order valence-electron chi connectivity index (χ4n) is 5.64. The third-order valence-electron chi connectivity index (χ3n) is 7.08. The lowest BCUT2D eigenvalue weighted by atomic mass is 10.1. The molecule has 0 fully saturated rings. The Morgan fingerprint density at radius 1 is 0.441 bits per heavy atom. The third kappa shape index (κ3) is 2.23. The zero-order chi connectivity index (χ0) is 22.2. The van der Waals surface area contributed by atoms with E-state index >= 15 is 0 Å². The molecule has 0 aliphatic carbocycles. The zero-order valence-corrected chi connectivity index (χ0v) is 18.3. The van der Waals surface area contributed by atoms with Crippen molar-refractivity contribution in [2.45, 2.75) is 0 Å². The van der Waals surface area contributed by atoms with E-state index in [1.54, 1.807) is 0 Å². The predicted octanol–water partition coefficient (Wildman–Crippen LogP) is 7.89. The highest BCUT2D eigenvalue weighted by Gasteiger charge is 2.16. The minimum absolute atomic E-state index is 1.01. The molecule has 0 aliphatic heterocycles. The van der Waals surface area contributed by atoms with E-state index in [1.165, 1.54) is 49.2 Å². The minimum Gasteiger partial charge on any atom is -0.309 e. The fourth-order valence-corrected chi connectivity index (χ4v) is 5.64. The van der Waals surface area contributed by atoms with E-state index in [-0.39, 0.29) is 0 Å². The Hall–Kier alpha value is -4.63. The van der Waals surface area contributed by atoms with Crippen molar-refractivity contribution in [3.8, 4) is 5.69 Å². The van der Waals surface area contributed by atoms with Gasteiger partial charge in [0.25, 0.3) is 0 Å². The first-order valence-corrected chi connectivity index (χ1v) is 11.6. The number of nitrogens with zero attached hydrogens (tertiary/aromatic N) is 3. The van der Waals surface area contributed by atoms with E-state index in [1.807, 2.05) is 0 Å². The normalized spacial score (nSPS) is 12.1. The van der Waals surface area contributed by atoms with Crippen molar-refractivity contribution in [3.05, 3.63) is 115 Å². The number of imidazole rings is 1. The van der Waals surface area contributed by atoms with Crippen molar-refractivity contribution >= 4 is 60.2 Å². The van der Waals surface area contributed by atoms with Gasteiger partial charge in [-0.2, -0.15) is 0 Å². The largest absolute Gasteiger partial charge is 0.309 e. The van der Waals surface area contributed by atoms with Crippen molar-refractivity contribution in [1.82, 2.24) is 14.0 Å². The van der Waals surface area contributed by atoms with Gasteiger partial charge in [-0.3, -0.25) is 4.40 Å². The van der Waals surface area contributed by atoms with Gasteiger partial charge in [0.15, 0.2) is 0 Å². The minimum atomic E-state index is 1.01. The van der Waals surface area contributed by atoms with Crippen LogP contribution < -0.4 is 0 Å². The maximum absolute atomic E-state index is 5.01. The lowest BCUT2D eigenvalue weighted by Gasteiger charge is -2.13. The van der Waals surface area contributed by atoms with Crippen molar-refractivity contribution < 1.29 is 0 Å². The number of hydrogen-bond donors (Lipinski definition) is 0. The molecule has 0 atom stereocenters. The molecule has 3 nitrogen and oxygen atoms in total. The maximum Gasteiger partial charge on any atom is 0.146 e. The molecule has 8 rings (SSSR count). The van der Waals surface area contributed by atoms with Gasteiger partial charge in [-0.25, -0.2) is 4.98 Å². The van der Waals surface area contributed by atoms with Crippen molar-refractivity contribution in [1.29, 1.82) is 0 Å². The van der Waals surface area contributed by atoms with Gasteiger partial charge in [-0.05, 0) is 47.9 Å². The van der Waals surface area contributed by atoms with Crippen LogP contribution >= 0.6 is 0 Å². The number of fused-ring (bicyclic) bond motifs is 11. The van der Waals surface area contributed by atoms with Crippen LogP contribution in [0.5, 0.6) is 0 Å². The summed E-state index contributed by atoms with van der Waals surface area (Å²) in [6.07, 6.45) is 0. The number of rotatable bonds is 1. The summed E-state index contributed by atoms with van der Waals surface area (Å²) in [5.74, 6) is 0. The Morgan fingerprint density at radius 2 is 1.03 bits per heavy atom. The van der Waals surface area contributed by atoms with Gasteiger partial charge in [0, 0.05) is 27.2 Å². The number of aromatic nitrogens is 3. The van der Waals surface area contributed by atoms with E-state index in [0.717, 1.165) is 16.7 Å². The Balaban J connectivity index is 1.57. The quantitative estimate of drug-likeness (QED) is 0.241. The Morgan fingerprint density at radius 3 is 1.76 bits per heavy atom. The highest BCUT2D eigenvalue weighted by atomic mass is 15.0. The van der Waals surface area contributed by atoms with Gasteiger partial charge in [0.05, 0.1) is 27.6 Å². The summed E-state index contributed by atoms with van der Waals surface area (Å²) in [6, 6.07) is 41.2. The van der Waals surface area contributed by atoms with Gasteiger partial charge < -0.3 is 4.57 Å². The first-order chi connectivity index (χ1) is 16.9. The molecule has 8 aromatic rings. The number of para-hydroxylation sites is 4. The number of benzene rings is 5. The molecule has 0 unspecified atom stereocenters. The van der Waals surface area contributed by atoms with Gasteiger partial charge in [-0.15, -0.1) is 0 Å². The molecule has 0 bridgehead atoms. The van der Waals surface area contributed by atoms with Crippen LogP contribution in [-0.4, -0.2) is 14.0 Å². The smallest absolute Gasteiger partial charge is 0.146 e. The van der Waals surface area contributed by atoms with E-state index < -0.39 is 0 Å². The number of hydrogen-bond acceptors (Lipinski definition) is 1. The van der Waals surface area contributed by atoms with E-state index in [4.69, 9.17) is 4.98 Å². The zero-order valence-electron chi connectivity index (χ0n) is 18.3. The lowest BCUT2D eigenvalue weighted by molar-refractivity contribution is 1.18. The predicted molar refractivity (Wildman–Crippen MR) is 142 cm³/mol. The number of pyridine rings is 1. The van der Waals surface area contributed by atoms with Crippen LogP contribution in [0, 0.1) is 0 Å². The Bertz CT molecular complexity index is 2020. The van der Waals surface area contributed by atoms with Gasteiger partial charge in [0.1, 0.15) is 5.65 Å². The summed E-state index contributed by atoms with van der Waals surface area (Å²) in [5, 5.41) is 6.18. The summed E-state index contributed by atoms with van der Waals surface area (Å²) >= 11 is 0. The monoisotopic (exact) mass is 433 g/mol. The molecule has 0 saturated carbocycles. The molecule has 0 spiro atoms. The average Bonchev–Trinajstić information content (AvgIpc) is 3.45. The second-order valence-electron chi connectivity index (χ2n) is 8.88. The van der Waals surface area contributed by atoms with Gasteiger partial charge in [-0.1, -0.05) is 72.8 Å². The van der Waals surface area contributed by atoms with E-state index in [9.17, 15) is 0 Å². The second kappa shape index (κ2) is 6.46. The third-order valence-corrected chi connectivity index (χ3v) is 7.08. The molecule has 3 heterocycles. The highest BCUT2D eigenvalue weighted by molar-refractivity contribution is 6.15. The first-order valence-electron chi connectivity index (χ1n) is 11.6. The van der Waals surface area contributed by atoms with Crippen LogP contribution in [0.25, 0.3) is 65.8 Å². The molecule has 0 N–H and O–H groups in total. The molecule has 3 heteroatoms. The van der Waals surface area contributed by atoms with Crippen LogP contribution in [0.2, 0.25) is 0 Å². The highest BCUT2D eigenvalue weighted by Crippen LogP contribution is 2.36. The molecule has 0 aliphatic rings. The molecule has 158 valence electrons. The van der Waals surface area contributed by atoms with Gasteiger partial charge in [0.2, 0.25) is 0 Å². The lowest BCUT2D eigenvalue weighted by Crippen LogP contribution is -1.96. The van der Waals surface area contributed by atoms with E-state index in [0.29, 0.717) is 0 Å². The van der Waals surface area contributed by atoms with Crippen LogP contribution in [0.3, 0.4) is 0 Å². The molecular formula is C31H19N3. The first kappa shape index (κ1) is 17.9. The Kier molecular flexibility index (Phi) is 3.39. The molecule has 5 aromatic carbocycles. The van der Waals surface area contributed by atoms with Crippen molar-refractivity contribution in [2.75, 3.05) is 0 Å². The molecule has 0 radical (unpaired) electrons. The Labute approximate surface area is 195 Å². The van der Waals surface area contributed by atoms with Crippen molar-refractivity contribution in [2.24, 2.45) is 0 Å². The standard InChI is InChI=1S/C31H19N3/c1-2-12-24-21(9-1)25-19-20(17-18-29(25)34-30-16-8-5-13-26(30)32-31(24)34)33-27-14-6-3-10-22(27)23-11-4-7-15-28(23)33/h1-19H. The van der Waals surface area contributed by atoms with Gasteiger partial charge >= 0.3 is 0 Å². The molecular weight excluding hydrogens is 414 g/mol. The molecule has 0 saturated heterocycles. The molecule has 3 aromatic heterocycles. The van der Waals surface area contributed by atoms with Crippen molar-refractivity contribution in [3.63, 3.8) is 0 Å². The summed E-state index contributed by atoms with van der Waals surface area (Å²) < 4.78 is 4.69. The molecule has 0 amide bonds. The summed E-state index contributed by atoms with van der Waals surface area (Å²) in [4.78, 5) is 5.01. The average molecular weight is 434 g/mol. The van der Waals surface area contributed by atoms with Crippen LogP contribution in [-0.2, 0) is 0 Å². The molecule has 34 heavy (non-hydrogen) atoms. The topological polar surface area (TPSA) is 22.2 Å². The summed E-state index contributed by atoms with van der Waals surface area (Å²) in [5.41, 5.74) is 7.95. The van der Waals surface area contributed by atoms with Crippen LogP contribution in [0.1, 0.15) is 0 Å². The van der Waals surface area contributed by atoms with E-state index in [2.05, 4.69) is 124 Å². The maximum atomic E-state index is 5.01. The summed E-state index contributed by atoms with van der Waals surface area (Å²) in [7, 11) is 0. The van der Waals surface area contributed by atoms with Crippen LogP contribution in [0.15, 0.2) is 115 Å². The fraction of sp³-hybridized carbons (Fsp3) is 0. The van der Waals surface area contributed by atoms with Crippen LogP contribution in [0.4, 0.5) is 0 Å². The summed E-state index contributed by atoms with van der Waals surface area (Å²) in [6.45, 7) is 0. The SMILES string of the molecule is c1ccc2c(c1)nc1c3ccccc3c3cc(-n4c5ccccc5c5ccccc54)ccc3n21. The second-order valence-corrected chi connectivity index (χ2v) is 8.88.